The number of nitrogens with zero attached hydrogens (tertiary/aromatic N) is 2. The molecule has 2 saturated heterocycles. The lowest BCUT2D eigenvalue weighted by Gasteiger charge is -2.33. The number of hydrogen-bond acceptors (Lipinski definition) is 4. The van der Waals surface area contributed by atoms with Crippen LogP contribution in [0, 0.1) is 5.92 Å². The molecular weight excluding hydrogens is 302 g/mol. The second kappa shape index (κ2) is 7.75. The molecule has 0 aliphatic carbocycles. The van der Waals surface area contributed by atoms with Crippen LogP contribution in [0.25, 0.3) is 0 Å². The Morgan fingerprint density at radius 2 is 1.73 bits per heavy atom. The molecule has 0 spiro atoms. The van der Waals surface area contributed by atoms with E-state index in [2.05, 4.69) is 17.1 Å². The van der Waals surface area contributed by atoms with E-state index in [4.69, 9.17) is 0 Å². The molecule has 0 aromatic rings. The van der Waals surface area contributed by atoms with E-state index in [0.717, 1.165) is 13.1 Å². The fourth-order valence-corrected chi connectivity index (χ4v) is 4.20. The van der Waals surface area contributed by atoms with Crippen molar-refractivity contribution in [1.82, 2.24) is 14.5 Å². The molecule has 22 heavy (non-hydrogen) atoms. The van der Waals surface area contributed by atoms with Crippen LogP contribution >= 0.6 is 0 Å². The van der Waals surface area contributed by atoms with Crippen LogP contribution in [0.4, 0.5) is 0 Å². The van der Waals surface area contributed by atoms with E-state index < -0.39 is 10.0 Å². The normalized spacial score (nSPS) is 24.1. The van der Waals surface area contributed by atoms with Crippen molar-refractivity contribution in [3.8, 4) is 0 Å². The highest BCUT2D eigenvalue weighted by atomic mass is 32.2. The van der Waals surface area contributed by atoms with Gasteiger partial charge in [0.25, 0.3) is 0 Å². The first-order valence-electron chi connectivity index (χ1n) is 8.35. The zero-order chi connectivity index (χ0) is 16.2. The first kappa shape index (κ1) is 17.7. The highest BCUT2D eigenvalue weighted by Gasteiger charge is 2.29. The number of hydrogen-bond donors (Lipinski definition) is 1. The van der Waals surface area contributed by atoms with Crippen molar-refractivity contribution in [1.29, 1.82) is 0 Å². The fourth-order valence-electron chi connectivity index (χ4n) is 3.33. The van der Waals surface area contributed by atoms with E-state index in [1.165, 1.54) is 29.8 Å². The van der Waals surface area contributed by atoms with Gasteiger partial charge in [0.1, 0.15) is 0 Å². The van der Waals surface area contributed by atoms with Crippen molar-refractivity contribution < 1.29 is 13.2 Å². The van der Waals surface area contributed by atoms with E-state index in [0.29, 0.717) is 38.5 Å². The summed E-state index contributed by atoms with van der Waals surface area (Å²) in [5, 5.41) is 3.05. The second-order valence-electron chi connectivity index (χ2n) is 6.63. The third-order valence-corrected chi connectivity index (χ3v) is 6.18. The van der Waals surface area contributed by atoms with Gasteiger partial charge in [-0.3, -0.25) is 9.69 Å². The molecule has 2 aliphatic heterocycles. The molecule has 1 amide bonds. The topological polar surface area (TPSA) is 69.7 Å². The Bertz CT molecular complexity index is 466. The molecule has 1 N–H and O–H groups in total. The number of carbonyl (C=O) groups excluding carboxylic acids is 1. The first-order valence-corrected chi connectivity index (χ1v) is 10.2. The van der Waals surface area contributed by atoms with Gasteiger partial charge in [0.2, 0.25) is 15.9 Å². The molecular formula is C15H29N3O3S. The largest absolute Gasteiger partial charge is 0.354 e. The molecule has 7 heteroatoms. The molecule has 2 heterocycles. The van der Waals surface area contributed by atoms with Crippen molar-refractivity contribution in [3.63, 3.8) is 0 Å². The Morgan fingerprint density at radius 1 is 1.14 bits per heavy atom. The van der Waals surface area contributed by atoms with Gasteiger partial charge in [0.15, 0.2) is 0 Å². The number of piperidine rings is 2. The summed E-state index contributed by atoms with van der Waals surface area (Å²) in [6, 6.07) is 0.375. The van der Waals surface area contributed by atoms with Crippen LogP contribution in [0.3, 0.4) is 0 Å². The first-order chi connectivity index (χ1) is 10.4. The maximum Gasteiger partial charge on any atom is 0.223 e. The van der Waals surface area contributed by atoms with Crippen molar-refractivity contribution in [2.24, 2.45) is 5.92 Å². The second-order valence-corrected chi connectivity index (χ2v) is 8.61. The molecule has 128 valence electrons. The Hall–Kier alpha value is -0.660. The zero-order valence-corrected chi connectivity index (χ0v) is 14.6. The molecule has 0 saturated carbocycles. The summed E-state index contributed by atoms with van der Waals surface area (Å²) in [6.45, 7) is 6.02. The van der Waals surface area contributed by atoms with E-state index in [1.807, 2.05) is 0 Å². The molecule has 0 aromatic carbocycles. The molecule has 0 radical (unpaired) electrons. The monoisotopic (exact) mass is 331 g/mol. The fraction of sp³-hybridized carbons (Fsp3) is 0.933. The van der Waals surface area contributed by atoms with Gasteiger partial charge in [-0.05, 0) is 45.7 Å². The minimum Gasteiger partial charge on any atom is -0.354 e. The van der Waals surface area contributed by atoms with Gasteiger partial charge < -0.3 is 5.32 Å². The van der Waals surface area contributed by atoms with Crippen molar-refractivity contribution >= 4 is 15.9 Å². The minimum absolute atomic E-state index is 0.0495. The van der Waals surface area contributed by atoms with Gasteiger partial charge in [-0.1, -0.05) is 6.42 Å². The molecule has 0 bridgehead atoms. The average molecular weight is 331 g/mol. The third-order valence-electron chi connectivity index (χ3n) is 4.88. The lowest BCUT2D eigenvalue weighted by Crippen LogP contribution is -2.47. The van der Waals surface area contributed by atoms with Crippen LogP contribution in [0.5, 0.6) is 0 Å². The maximum absolute atomic E-state index is 12.2. The molecule has 1 atom stereocenters. The molecule has 2 aliphatic rings. The van der Waals surface area contributed by atoms with Crippen LogP contribution in [-0.2, 0) is 14.8 Å². The van der Waals surface area contributed by atoms with Gasteiger partial charge in [0, 0.05) is 31.6 Å². The van der Waals surface area contributed by atoms with Crippen molar-refractivity contribution in [2.75, 3.05) is 39.0 Å². The van der Waals surface area contributed by atoms with Crippen LogP contribution in [0.1, 0.15) is 39.0 Å². The standard InChI is InChI=1S/C15H29N3O3S/c1-13(17-8-4-3-5-9-17)12-16-15(19)14-6-10-18(11-7-14)22(2,20)21/h13-14H,3-12H2,1-2H3,(H,16,19). The van der Waals surface area contributed by atoms with E-state index in [-0.39, 0.29) is 11.8 Å². The van der Waals surface area contributed by atoms with Crippen LogP contribution < -0.4 is 5.32 Å². The van der Waals surface area contributed by atoms with Gasteiger partial charge in [0.05, 0.1) is 6.26 Å². The molecule has 6 nitrogen and oxygen atoms in total. The summed E-state index contributed by atoms with van der Waals surface area (Å²) in [7, 11) is -3.12. The van der Waals surface area contributed by atoms with Crippen molar-refractivity contribution in [3.05, 3.63) is 0 Å². The summed E-state index contributed by atoms with van der Waals surface area (Å²) in [5.74, 6) is 0.0311. The summed E-state index contributed by atoms with van der Waals surface area (Å²) in [6.07, 6.45) is 6.29. The van der Waals surface area contributed by atoms with Gasteiger partial charge >= 0.3 is 0 Å². The van der Waals surface area contributed by atoms with Gasteiger partial charge in [-0.2, -0.15) is 0 Å². The number of sulfonamides is 1. The van der Waals surface area contributed by atoms with E-state index >= 15 is 0 Å². The number of rotatable bonds is 5. The summed E-state index contributed by atoms with van der Waals surface area (Å²) in [4.78, 5) is 14.7. The smallest absolute Gasteiger partial charge is 0.223 e. The summed E-state index contributed by atoms with van der Waals surface area (Å²) < 4.78 is 24.4. The average Bonchev–Trinajstić information content (AvgIpc) is 2.52. The molecule has 2 fully saturated rings. The van der Waals surface area contributed by atoms with E-state index in [9.17, 15) is 13.2 Å². The van der Waals surface area contributed by atoms with Crippen molar-refractivity contribution in [2.45, 2.75) is 45.1 Å². The Balaban J connectivity index is 1.72. The minimum atomic E-state index is -3.12. The highest BCUT2D eigenvalue weighted by Crippen LogP contribution is 2.19. The number of nitrogens with one attached hydrogen (secondary N) is 1. The van der Waals surface area contributed by atoms with Crippen LogP contribution in [0.15, 0.2) is 0 Å². The Morgan fingerprint density at radius 3 is 2.27 bits per heavy atom. The van der Waals surface area contributed by atoms with Crippen LogP contribution in [0.2, 0.25) is 0 Å². The quantitative estimate of drug-likeness (QED) is 0.803. The van der Waals surface area contributed by atoms with Gasteiger partial charge in [-0.25, -0.2) is 12.7 Å². The van der Waals surface area contributed by atoms with Gasteiger partial charge in [-0.15, -0.1) is 0 Å². The number of likely N-dealkylation sites (tertiary alicyclic amines) is 1. The van der Waals surface area contributed by atoms with E-state index in [1.54, 1.807) is 0 Å². The maximum atomic E-state index is 12.2. The predicted octanol–water partition coefficient (Wildman–Crippen LogP) is 0.649. The third kappa shape index (κ3) is 4.93. The molecule has 2 rings (SSSR count). The van der Waals surface area contributed by atoms with Crippen LogP contribution in [-0.4, -0.2) is 68.6 Å². The lowest BCUT2D eigenvalue weighted by molar-refractivity contribution is -0.126. The lowest BCUT2D eigenvalue weighted by atomic mass is 9.97. The number of carbonyl (C=O) groups is 1. The summed E-state index contributed by atoms with van der Waals surface area (Å²) in [5.41, 5.74) is 0. The zero-order valence-electron chi connectivity index (χ0n) is 13.8. The Labute approximate surface area is 134 Å². The SMILES string of the molecule is CC(CNC(=O)C1CCN(S(C)(=O)=O)CC1)N1CCCCC1. The molecule has 0 aromatic heterocycles. The predicted molar refractivity (Wildman–Crippen MR) is 87.0 cm³/mol. The summed E-state index contributed by atoms with van der Waals surface area (Å²) >= 11 is 0. The highest BCUT2D eigenvalue weighted by molar-refractivity contribution is 7.88. The Kier molecular flexibility index (Phi) is 6.23. The number of amides is 1. The molecule has 1 unspecified atom stereocenters.